The highest BCUT2D eigenvalue weighted by molar-refractivity contribution is 5.86. The van der Waals surface area contributed by atoms with Crippen molar-refractivity contribution >= 4 is 11.9 Å². The fraction of sp³-hybridized carbons (Fsp3) is 0.818. The second-order valence-electron chi connectivity index (χ2n) is 4.86. The molecule has 2 rings (SSSR count). The van der Waals surface area contributed by atoms with Crippen molar-refractivity contribution in [2.45, 2.75) is 44.3 Å². The molecule has 0 radical (unpaired) electrons. The van der Waals surface area contributed by atoms with Gasteiger partial charge in [-0.25, -0.2) is 0 Å². The Hall–Kier alpha value is -1.10. The Labute approximate surface area is 95.0 Å². The van der Waals surface area contributed by atoms with Gasteiger partial charge in [-0.2, -0.15) is 0 Å². The Morgan fingerprint density at radius 2 is 2.12 bits per heavy atom. The van der Waals surface area contributed by atoms with E-state index in [9.17, 15) is 9.59 Å². The Balaban J connectivity index is 2.17. The maximum absolute atomic E-state index is 12.0. The topological polar surface area (TPSA) is 60.9 Å². The zero-order valence-electron chi connectivity index (χ0n) is 9.72. The summed E-state index contributed by atoms with van der Waals surface area (Å²) in [7, 11) is 1.75. The zero-order valence-corrected chi connectivity index (χ0v) is 9.72. The summed E-state index contributed by atoms with van der Waals surface area (Å²) in [6, 6.07) is 0.232. The van der Waals surface area contributed by atoms with Crippen LogP contribution in [-0.4, -0.2) is 58.5 Å². The minimum absolute atomic E-state index is 0.0487. The highest BCUT2D eigenvalue weighted by atomic mass is 16.4. The first kappa shape index (κ1) is 11.4. The molecular weight excluding hydrogens is 208 g/mol. The first-order valence-corrected chi connectivity index (χ1v) is 5.75. The van der Waals surface area contributed by atoms with Gasteiger partial charge in [-0.3, -0.25) is 14.5 Å². The van der Waals surface area contributed by atoms with Gasteiger partial charge in [-0.1, -0.05) is 0 Å². The molecule has 90 valence electrons. The maximum Gasteiger partial charge on any atom is 0.305 e. The molecule has 0 bridgehead atoms. The molecule has 5 heteroatoms. The van der Waals surface area contributed by atoms with Crippen molar-refractivity contribution in [2.24, 2.45) is 0 Å². The van der Waals surface area contributed by atoms with Gasteiger partial charge < -0.3 is 10.0 Å². The Bertz CT molecular complexity index is 314. The number of carbonyl (C=O) groups is 2. The van der Waals surface area contributed by atoms with Crippen LogP contribution in [-0.2, 0) is 9.59 Å². The summed E-state index contributed by atoms with van der Waals surface area (Å²) in [5.74, 6) is -0.945. The number of carboxylic acids is 1. The quantitative estimate of drug-likeness (QED) is 0.744. The fourth-order valence-electron chi connectivity index (χ4n) is 2.61. The van der Waals surface area contributed by atoms with Gasteiger partial charge in [0.2, 0.25) is 5.91 Å². The highest BCUT2D eigenvalue weighted by Gasteiger charge is 2.45. The molecule has 16 heavy (non-hydrogen) atoms. The molecule has 2 atom stereocenters. The molecule has 1 heterocycles. The second kappa shape index (κ2) is 4.05. The van der Waals surface area contributed by atoms with E-state index in [1.54, 1.807) is 11.9 Å². The smallest absolute Gasteiger partial charge is 0.305 e. The lowest BCUT2D eigenvalue weighted by atomic mass is 10.0. The minimum atomic E-state index is -0.897. The molecule has 0 aromatic rings. The Kier molecular flexibility index (Phi) is 2.88. The molecule has 0 spiro atoms. The molecule has 2 unspecified atom stereocenters. The average molecular weight is 226 g/mol. The summed E-state index contributed by atoms with van der Waals surface area (Å²) in [5, 5.41) is 8.88. The number of aliphatic carboxylic acids is 1. The zero-order chi connectivity index (χ0) is 11.9. The lowest BCUT2D eigenvalue weighted by Gasteiger charge is -2.43. The lowest BCUT2D eigenvalue weighted by molar-refractivity contribution is -0.150. The van der Waals surface area contributed by atoms with Crippen molar-refractivity contribution in [3.05, 3.63) is 0 Å². The van der Waals surface area contributed by atoms with Crippen molar-refractivity contribution in [3.63, 3.8) is 0 Å². The third-order valence-electron chi connectivity index (χ3n) is 3.40. The molecule has 1 aliphatic heterocycles. The fourth-order valence-corrected chi connectivity index (χ4v) is 2.61. The average Bonchev–Trinajstić information content (AvgIpc) is 2.97. The monoisotopic (exact) mass is 226 g/mol. The third kappa shape index (κ3) is 2.04. The Morgan fingerprint density at radius 3 is 2.62 bits per heavy atom. The van der Waals surface area contributed by atoms with Gasteiger partial charge in [0.1, 0.15) is 6.04 Å². The van der Waals surface area contributed by atoms with Crippen LogP contribution in [0.15, 0.2) is 0 Å². The van der Waals surface area contributed by atoms with Gasteiger partial charge in [-0.15, -0.1) is 0 Å². The predicted molar refractivity (Wildman–Crippen MR) is 58.0 cm³/mol. The SMILES string of the molecule is CC1CN(C)C(=O)C(CC(=O)O)N1C1CC1. The molecule has 1 saturated carbocycles. The van der Waals surface area contributed by atoms with Crippen LogP contribution in [0, 0.1) is 0 Å². The van der Waals surface area contributed by atoms with Gasteiger partial charge >= 0.3 is 5.97 Å². The van der Waals surface area contributed by atoms with Gasteiger partial charge in [0.25, 0.3) is 0 Å². The molecule has 2 aliphatic rings. The van der Waals surface area contributed by atoms with E-state index < -0.39 is 12.0 Å². The number of rotatable bonds is 3. The van der Waals surface area contributed by atoms with Crippen LogP contribution >= 0.6 is 0 Å². The van der Waals surface area contributed by atoms with Crippen LogP contribution in [0.5, 0.6) is 0 Å². The van der Waals surface area contributed by atoms with Crippen LogP contribution in [0.2, 0.25) is 0 Å². The number of hydrogen-bond acceptors (Lipinski definition) is 3. The second-order valence-corrected chi connectivity index (χ2v) is 4.86. The molecule has 5 nitrogen and oxygen atoms in total. The number of carboxylic acid groups (broad SMARTS) is 1. The molecular formula is C11H18N2O3. The van der Waals surface area contributed by atoms with E-state index in [-0.39, 0.29) is 18.4 Å². The van der Waals surface area contributed by atoms with Gasteiger partial charge in [0.05, 0.1) is 6.42 Å². The maximum atomic E-state index is 12.0. The van der Waals surface area contributed by atoms with Crippen LogP contribution in [0.1, 0.15) is 26.2 Å². The van der Waals surface area contributed by atoms with E-state index >= 15 is 0 Å². The Morgan fingerprint density at radius 1 is 1.50 bits per heavy atom. The lowest BCUT2D eigenvalue weighted by Crippen LogP contribution is -2.61. The highest BCUT2D eigenvalue weighted by Crippen LogP contribution is 2.34. The van der Waals surface area contributed by atoms with E-state index in [4.69, 9.17) is 5.11 Å². The van der Waals surface area contributed by atoms with E-state index in [0.29, 0.717) is 12.6 Å². The van der Waals surface area contributed by atoms with Crippen LogP contribution in [0.4, 0.5) is 0 Å². The third-order valence-corrected chi connectivity index (χ3v) is 3.40. The first-order chi connectivity index (χ1) is 7.50. The molecule has 1 N–H and O–H groups in total. The summed E-state index contributed by atoms with van der Waals surface area (Å²) in [4.78, 5) is 26.5. The van der Waals surface area contributed by atoms with Gasteiger partial charge in [-0.05, 0) is 19.8 Å². The summed E-state index contributed by atoms with van der Waals surface area (Å²) in [6.45, 7) is 2.77. The number of amides is 1. The summed E-state index contributed by atoms with van der Waals surface area (Å²) in [5.41, 5.74) is 0. The number of carbonyl (C=O) groups excluding carboxylic acids is 1. The van der Waals surface area contributed by atoms with E-state index in [0.717, 1.165) is 12.8 Å². The summed E-state index contributed by atoms with van der Waals surface area (Å²) in [6.07, 6.45) is 2.11. The number of piperazine rings is 1. The number of likely N-dealkylation sites (N-methyl/N-ethyl adjacent to an activating group) is 1. The molecule has 2 fully saturated rings. The summed E-state index contributed by atoms with van der Waals surface area (Å²) >= 11 is 0. The standard InChI is InChI=1S/C11H18N2O3/c1-7-6-12(2)11(16)9(5-10(14)15)13(7)8-3-4-8/h7-9H,3-6H2,1-2H3,(H,14,15). The van der Waals surface area contributed by atoms with E-state index in [1.807, 2.05) is 0 Å². The van der Waals surface area contributed by atoms with Crippen molar-refractivity contribution in [1.29, 1.82) is 0 Å². The van der Waals surface area contributed by atoms with E-state index in [2.05, 4.69) is 11.8 Å². The summed E-state index contributed by atoms with van der Waals surface area (Å²) < 4.78 is 0. The molecule has 0 aromatic heterocycles. The van der Waals surface area contributed by atoms with Crippen molar-refractivity contribution < 1.29 is 14.7 Å². The minimum Gasteiger partial charge on any atom is -0.481 e. The van der Waals surface area contributed by atoms with Crippen molar-refractivity contribution in [2.75, 3.05) is 13.6 Å². The van der Waals surface area contributed by atoms with Crippen molar-refractivity contribution in [3.8, 4) is 0 Å². The van der Waals surface area contributed by atoms with Crippen LogP contribution in [0.3, 0.4) is 0 Å². The molecule has 1 saturated heterocycles. The molecule has 0 aromatic carbocycles. The van der Waals surface area contributed by atoms with Crippen LogP contribution in [0.25, 0.3) is 0 Å². The van der Waals surface area contributed by atoms with Gasteiger partial charge in [0.15, 0.2) is 0 Å². The predicted octanol–water partition coefficient (Wildman–Crippen LogP) is 0.155. The first-order valence-electron chi connectivity index (χ1n) is 5.75. The van der Waals surface area contributed by atoms with Gasteiger partial charge in [0, 0.05) is 25.7 Å². The van der Waals surface area contributed by atoms with Crippen LogP contribution < -0.4 is 0 Å². The number of hydrogen-bond donors (Lipinski definition) is 1. The number of nitrogens with zero attached hydrogens (tertiary/aromatic N) is 2. The van der Waals surface area contributed by atoms with Crippen molar-refractivity contribution in [1.82, 2.24) is 9.80 Å². The molecule has 1 aliphatic carbocycles. The van der Waals surface area contributed by atoms with E-state index in [1.165, 1.54) is 0 Å². The largest absolute Gasteiger partial charge is 0.481 e. The normalized spacial score (nSPS) is 31.9. The molecule has 1 amide bonds.